The number of nitrogens with two attached hydrogens (primary N) is 1. The van der Waals surface area contributed by atoms with Crippen LogP contribution in [0.1, 0.15) is 44.2 Å². The first-order chi connectivity index (χ1) is 13.2. The molecule has 0 saturated heterocycles. The normalized spacial score (nSPS) is 23.0. The van der Waals surface area contributed by atoms with Crippen molar-refractivity contribution in [2.75, 3.05) is 5.32 Å². The first kappa shape index (κ1) is 17.1. The first-order valence-electron chi connectivity index (χ1n) is 9.96. The number of rotatable bonds is 5. The van der Waals surface area contributed by atoms with E-state index in [1.807, 2.05) is 17.9 Å². The van der Waals surface area contributed by atoms with E-state index < -0.39 is 0 Å². The van der Waals surface area contributed by atoms with Gasteiger partial charge in [-0.15, -0.1) is 11.3 Å². The van der Waals surface area contributed by atoms with Crippen LogP contribution < -0.4 is 11.1 Å². The average molecular weight is 383 g/mol. The number of anilines is 1. The van der Waals surface area contributed by atoms with E-state index in [4.69, 9.17) is 15.7 Å². The van der Waals surface area contributed by atoms with Crippen molar-refractivity contribution >= 4 is 27.5 Å². The molecule has 2 fully saturated rings. The Labute approximate surface area is 163 Å². The van der Waals surface area contributed by atoms with Gasteiger partial charge < -0.3 is 11.1 Å². The fraction of sp³-hybridized carbons (Fsp3) is 0.550. The molecule has 27 heavy (non-hydrogen) atoms. The minimum Gasteiger partial charge on any atom is -0.351 e. The van der Waals surface area contributed by atoms with Gasteiger partial charge in [-0.2, -0.15) is 5.10 Å². The zero-order chi connectivity index (χ0) is 18.4. The molecule has 0 aliphatic heterocycles. The Morgan fingerprint density at radius 3 is 2.78 bits per heavy atom. The molecule has 2 saturated carbocycles. The Hall–Kier alpha value is -1.99. The van der Waals surface area contributed by atoms with Gasteiger partial charge in [0.1, 0.15) is 0 Å². The highest BCUT2D eigenvalue weighted by Crippen LogP contribution is 2.38. The highest BCUT2D eigenvalue weighted by atomic mass is 32.1. The molecule has 0 spiro atoms. The van der Waals surface area contributed by atoms with Crippen molar-refractivity contribution < 1.29 is 0 Å². The summed E-state index contributed by atoms with van der Waals surface area (Å²) in [5, 5.41) is 10.2. The van der Waals surface area contributed by atoms with Crippen LogP contribution in [0.25, 0.3) is 21.5 Å². The lowest BCUT2D eigenvalue weighted by Crippen LogP contribution is -2.33. The van der Waals surface area contributed by atoms with Crippen LogP contribution in [-0.2, 0) is 13.5 Å². The second kappa shape index (κ2) is 6.87. The van der Waals surface area contributed by atoms with E-state index in [0.29, 0.717) is 12.1 Å². The molecule has 0 aromatic carbocycles. The summed E-state index contributed by atoms with van der Waals surface area (Å²) in [7, 11) is 2.04. The lowest BCUT2D eigenvalue weighted by atomic mass is 9.92. The van der Waals surface area contributed by atoms with Gasteiger partial charge in [-0.1, -0.05) is 0 Å². The van der Waals surface area contributed by atoms with Crippen LogP contribution in [0.2, 0.25) is 0 Å². The Morgan fingerprint density at radius 2 is 2.00 bits per heavy atom. The molecule has 7 heteroatoms. The predicted octanol–water partition coefficient (Wildman–Crippen LogP) is 3.73. The molecule has 2 aliphatic carbocycles. The van der Waals surface area contributed by atoms with Gasteiger partial charge in [-0.05, 0) is 62.3 Å². The van der Waals surface area contributed by atoms with Crippen molar-refractivity contribution in [3.63, 3.8) is 0 Å². The average Bonchev–Trinajstić information content (AvgIpc) is 3.23. The second-order valence-corrected chi connectivity index (χ2v) is 8.98. The summed E-state index contributed by atoms with van der Waals surface area (Å²) in [5.41, 5.74) is 10.5. The Morgan fingerprint density at radius 1 is 1.19 bits per heavy atom. The Bertz CT molecular complexity index is 949. The number of hydrogen-bond acceptors (Lipinski definition) is 6. The molecule has 3 heterocycles. The molecule has 3 aromatic rings. The van der Waals surface area contributed by atoms with Crippen LogP contribution in [0, 0.1) is 5.92 Å². The fourth-order valence-corrected chi connectivity index (χ4v) is 4.89. The minimum absolute atomic E-state index is 0.347. The van der Waals surface area contributed by atoms with Gasteiger partial charge >= 0.3 is 0 Å². The maximum absolute atomic E-state index is 6.05. The van der Waals surface area contributed by atoms with E-state index in [0.717, 1.165) is 65.4 Å². The molecule has 0 radical (unpaired) electrons. The van der Waals surface area contributed by atoms with Crippen molar-refractivity contribution in [3.05, 3.63) is 23.3 Å². The highest BCUT2D eigenvalue weighted by molar-refractivity contribution is 7.17. The van der Waals surface area contributed by atoms with Crippen LogP contribution in [0.5, 0.6) is 0 Å². The Kier molecular flexibility index (Phi) is 4.36. The smallest absolute Gasteiger partial charge is 0.224 e. The molecule has 0 bridgehead atoms. The number of aryl methyl sites for hydroxylation is 1. The number of nitrogens with zero attached hydrogens (tertiary/aromatic N) is 4. The minimum atomic E-state index is 0.347. The van der Waals surface area contributed by atoms with Crippen LogP contribution in [0.4, 0.5) is 5.95 Å². The van der Waals surface area contributed by atoms with E-state index in [-0.39, 0.29) is 0 Å². The molecular weight excluding hydrogens is 356 g/mol. The lowest BCUT2D eigenvalue weighted by Gasteiger charge is -2.26. The SMILES string of the molecule is Cn1ncc(-c2nc(N[C@H]3CC[C@H](N)CC3)nc3ccsc23)c1CC1CC1. The lowest BCUT2D eigenvalue weighted by molar-refractivity contribution is 0.410. The largest absolute Gasteiger partial charge is 0.351 e. The monoisotopic (exact) mass is 382 g/mol. The molecule has 3 N–H and O–H groups in total. The number of nitrogens with one attached hydrogen (secondary N) is 1. The summed E-state index contributed by atoms with van der Waals surface area (Å²) in [6, 6.07) is 2.84. The molecule has 2 aliphatic rings. The third-order valence-corrected chi connectivity index (χ3v) is 6.81. The van der Waals surface area contributed by atoms with Crippen LogP contribution in [0.15, 0.2) is 17.6 Å². The van der Waals surface area contributed by atoms with Gasteiger partial charge in [-0.3, -0.25) is 4.68 Å². The van der Waals surface area contributed by atoms with E-state index >= 15 is 0 Å². The standard InChI is InChI=1S/C20H26N6S/c1-26-17(10-12-2-3-12)15(11-22-26)18-19-16(8-9-27-19)24-20(25-18)23-14-6-4-13(21)5-7-14/h8-9,11-14H,2-7,10,21H2,1H3,(H,23,24,25)/t13-,14-. The molecule has 0 amide bonds. The van der Waals surface area contributed by atoms with Crippen molar-refractivity contribution in [2.45, 2.75) is 57.0 Å². The molecule has 0 unspecified atom stereocenters. The molecule has 142 valence electrons. The number of hydrogen-bond donors (Lipinski definition) is 2. The van der Waals surface area contributed by atoms with Crippen LogP contribution >= 0.6 is 11.3 Å². The first-order valence-corrected chi connectivity index (χ1v) is 10.8. The summed E-state index contributed by atoms with van der Waals surface area (Å²) in [6.07, 6.45) is 10.0. The van der Waals surface area contributed by atoms with E-state index in [9.17, 15) is 0 Å². The van der Waals surface area contributed by atoms with Crippen molar-refractivity contribution in [1.82, 2.24) is 19.7 Å². The van der Waals surface area contributed by atoms with Crippen LogP contribution in [-0.4, -0.2) is 31.8 Å². The molecule has 0 atom stereocenters. The molecule has 6 nitrogen and oxygen atoms in total. The van der Waals surface area contributed by atoms with Crippen molar-refractivity contribution in [2.24, 2.45) is 18.7 Å². The molecular formula is C20H26N6S. The highest BCUT2D eigenvalue weighted by Gasteiger charge is 2.26. The number of aromatic nitrogens is 4. The predicted molar refractivity (Wildman–Crippen MR) is 110 cm³/mol. The summed E-state index contributed by atoms with van der Waals surface area (Å²) < 4.78 is 3.17. The zero-order valence-electron chi connectivity index (χ0n) is 15.7. The van der Waals surface area contributed by atoms with Crippen molar-refractivity contribution in [1.29, 1.82) is 0 Å². The molecule has 5 rings (SSSR count). The Balaban J connectivity index is 1.51. The van der Waals surface area contributed by atoms with Gasteiger partial charge in [0.2, 0.25) is 5.95 Å². The number of fused-ring (bicyclic) bond motifs is 1. The maximum atomic E-state index is 6.05. The van der Waals surface area contributed by atoms with Crippen molar-refractivity contribution in [3.8, 4) is 11.3 Å². The van der Waals surface area contributed by atoms with Gasteiger partial charge in [-0.25, -0.2) is 9.97 Å². The summed E-state index contributed by atoms with van der Waals surface area (Å²) >= 11 is 1.71. The summed E-state index contributed by atoms with van der Waals surface area (Å²) in [5.74, 6) is 1.54. The maximum Gasteiger partial charge on any atom is 0.224 e. The summed E-state index contributed by atoms with van der Waals surface area (Å²) in [4.78, 5) is 9.74. The van der Waals surface area contributed by atoms with E-state index in [1.54, 1.807) is 11.3 Å². The topological polar surface area (TPSA) is 81.7 Å². The molecule has 3 aromatic heterocycles. The van der Waals surface area contributed by atoms with Crippen LogP contribution in [0.3, 0.4) is 0 Å². The van der Waals surface area contributed by atoms with E-state index in [1.165, 1.54) is 18.5 Å². The quantitative estimate of drug-likeness (QED) is 0.703. The second-order valence-electron chi connectivity index (χ2n) is 8.06. The summed E-state index contributed by atoms with van der Waals surface area (Å²) in [6.45, 7) is 0. The van der Waals surface area contributed by atoms with Gasteiger partial charge in [0.25, 0.3) is 0 Å². The fourth-order valence-electron chi connectivity index (χ4n) is 4.05. The third-order valence-electron chi connectivity index (χ3n) is 5.90. The van der Waals surface area contributed by atoms with E-state index in [2.05, 4.69) is 21.9 Å². The third kappa shape index (κ3) is 3.46. The van der Waals surface area contributed by atoms with Gasteiger partial charge in [0, 0.05) is 30.4 Å². The van der Waals surface area contributed by atoms with Gasteiger partial charge in [0.05, 0.1) is 22.1 Å². The zero-order valence-corrected chi connectivity index (χ0v) is 16.5. The number of thiophene rings is 1. The van der Waals surface area contributed by atoms with Gasteiger partial charge in [0.15, 0.2) is 0 Å².